The van der Waals surface area contributed by atoms with Gasteiger partial charge in [0.2, 0.25) is 15.4 Å². The van der Waals surface area contributed by atoms with Crippen molar-refractivity contribution < 1.29 is 22.7 Å². The summed E-state index contributed by atoms with van der Waals surface area (Å²) in [6.45, 7) is 3.16. The van der Waals surface area contributed by atoms with Crippen molar-refractivity contribution in [2.45, 2.75) is 30.6 Å². The third-order valence-electron chi connectivity index (χ3n) is 3.43. The molecular formula is C15H20N4O5S2. The van der Waals surface area contributed by atoms with Crippen molar-refractivity contribution in [3.8, 4) is 11.5 Å². The van der Waals surface area contributed by atoms with Crippen LogP contribution in [0.5, 0.6) is 11.5 Å². The van der Waals surface area contributed by atoms with Crippen LogP contribution in [0.3, 0.4) is 0 Å². The molecule has 0 saturated carbocycles. The van der Waals surface area contributed by atoms with E-state index in [9.17, 15) is 13.2 Å². The first-order valence-electron chi connectivity index (χ1n) is 7.66. The van der Waals surface area contributed by atoms with Gasteiger partial charge in [0.1, 0.15) is 0 Å². The highest BCUT2D eigenvalue weighted by atomic mass is 32.2. The third kappa shape index (κ3) is 4.68. The molecule has 142 valence electrons. The van der Waals surface area contributed by atoms with Crippen molar-refractivity contribution in [3.05, 3.63) is 23.8 Å². The number of carbonyl (C=O) groups is 1. The third-order valence-corrected chi connectivity index (χ3v) is 6.11. The number of aromatic nitrogens is 2. The van der Waals surface area contributed by atoms with Gasteiger partial charge in [0.15, 0.2) is 11.5 Å². The number of nitrogens with one attached hydrogen (secondary N) is 2. The summed E-state index contributed by atoms with van der Waals surface area (Å²) in [4.78, 5) is 11.0. The van der Waals surface area contributed by atoms with Crippen molar-refractivity contribution >= 4 is 32.4 Å². The van der Waals surface area contributed by atoms with Gasteiger partial charge in [-0.25, -0.2) is 13.1 Å². The Kier molecular flexibility index (Phi) is 6.51. The Hall–Kier alpha value is -2.24. The van der Waals surface area contributed by atoms with E-state index >= 15 is 0 Å². The minimum Gasteiger partial charge on any atom is -0.493 e. The second kappa shape index (κ2) is 8.43. The Labute approximate surface area is 155 Å². The molecule has 9 nitrogen and oxygen atoms in total. The second-order valence-corrected chi connectivity index (χ2v) is 8.12. The van der Waals surface area contributed by atoms with E-state index in [0.29, 0.717) is 17.9 Å². The summed E-state index contributed by atoms with van der Waals surface area (Å²) >= 11 is 0.780. The van der Waals surface area contributed by atoms with E-state index in [2.05, 4.69) is 20.2 Å². The van der Waals surface area contributed by atoms with Gasteiger partial charge in [-0.2, -0.15) is 0 Å². The molecule has 0 aliphatic carbocycles. The van der Waals surface area contributed by atoms with Crippen LogP contribution < -0.4 is 19.5 Å². The molecule has 1 heterocycles. The number of carbonyl (C=O) groups excluding carboxylic acids is 1. The van der Waals surface area contributed by atoms with Crippen molar-refractivity contribution in [2.24, 2.45) is 0 Å². The molecule has 0 fully saturated rings. The minimum absolute atomic E-state index is 0.122. The number of benzene rings is 1. The quantitative estimate of drug-likeness (QED) is 0.650. The Morgan fingerprint density at radius 2 is 1.92 bits per heavy atom. The fourth-order valence-electron chi connectivity index (χ4n) is 2.21. The first-order valence-corrected chi connectivity index (χ1v) is 9.96. The van der Waals surface area contributed by atoms with Crippen LogP contribution in [-0.2, 0) is 14.8 Å². The van der Waals surface area contributed by atoms with Crippen LogP contribution in [-0.4, -0.2) is 38.7 Å². The SMILES string of the molecule is CCC(NS(=O)(=O)c1nnc(NC(C)=O)s1)c1ccc(OC)c(OC)c1. The summed E-state index contributed by atoms with van der Waals surface area (Å²) in [5, 5.41) is 9.83. The maximum atomic E-state index is 12.6. The smallest absolute Gasteiger partial charge is 0.270 e. The Balaban J connectivity index is 2.25. The Morgan fingerprint density at radius 1 is 1.23 bits per heavy atom. The largest absolute Gasteiger partial charge is 0.493 e. The molecule has 1 amide bonds. The van der Waals surface area contributed by atoms with Gasteiger partial charge in [0.25, 0.3) is 10.0 Å². The van der Waals surface area contributed by atoms with Crippen LogP contribution in [0.2, 0.25) is 0 Å². The predicted molar refractivity (Wildman–Crippen MR) is 97.1 cm³/mol. The summed E-state index contributed by atoms with van der Waals surface area (Å²) in [7, 11) is -0.860. The number of ether oxygens (including phenoxy) is 2. The number of hydrogen-bond acceptors (Lipinski definition) is 8. The number of amides is 1. The highest BCUT2D eigenvalue weighted by Crippen LogP contribution is 2.31. The van der Waals surface area contributed by atoms with Gasteiger partial charge in [0.05, 0.1) is 14.2 Å². The minimum atomic E-state index is -3.90. The van der Waals surface area contributed by atoms with Gasteiger partial charge in [0, 0.05) is 13.0 Å². The maximum Gasteiger partial charge on any atom is 0.270 e. The molecule has 2 N–H and O–H groups in total. The summed E-state index contributed by atoms with van der Waals surface area (Å²) in [5.74, 6) is 0.708. The van der Waals surface area contributed by atoms with E-state index in [1.54, 1.807) is 18.2 Å². The summed E-state index contributed by atoms with van der Waals surface area (Å²) in [5.41, 5.74) is 0.723. The number of sulfonamides is 1. The molecule has 0 spiro atoms. The summed E-state index contributed by atoms with van der Waals surface area (Å²) in [6.07, 6.45) is 0.506. The van der Waals surface area contributed by atoms with Crippen molar-refractivity contribution in [1.82, 2.24) is 14.9 Å². The zero-order valence-electron chi connectivity index (χ0n) is 14.8. The Morgan fingerprint density at radius 3 is 2.50 bits per heavy atom. The predicted octanol–water partition coefficient (Wildman–Crippen LogP) is 1.94. The van der Waals surface area contributed by atoms with E-state index in [1.807, 2.05) is 6.92 Å². The lowest BCUT2D eigenvalue weighted by Gasteiger charge is -2.18. The standard InChI is InChI=1S/C15H20N4O5S2/c1-5-11(10-6-7-12(23-3)13(8-10)24-4)19-26(21,22)15-18-17-14(25-15)16-9(2)20/h6-8,11,19H,5H2,1-4H3,(H,16,17,20). The number of hydrogen-bond donors (Lipinski definition) is 2. The molecule has 1 unspecified atom stereocenters. The molecular weight excluding hydrogens is 380 g/mol. The average Bonchev–Trinajstić information content (AvgIpc) is 3.07. The van der Waals surface area contributed by atoms with Crippen LogP contribution in [0, 0.1) is 0 Å². The lowest BCUT2D eigenvalue weighted by molar-refractivity contribution is -0.114. The van der Waals surface area contributed by atoms with Crippen LogP contribution in [0.15, 0.2) is 22.5 Å². The van der Waals surface area contributed by atoms with Crippen LogP contribution in [0.1, 0.15) is 31.9 Å². The highest BCUT2D eigenvalue weighted by Gasteiger charge is 2.25. The molecule has 26 heavy (non-hydrogen) atoms. The molecule has 1 atom stereocenters. The number of nitrogens with zero attached hydrogens (tertiary/aromatic N) is 2. The zero-order chi connectivity index (χ0) is 19.3. The van der Waals surface area contributed by atoms with Crippen LogP contribution >= 0.6 is 11.3 Å². The number of methoxy groups -OCH3 is 2. The van der Waals surface area contributed by atoms with Crippen molar-refractivity contribution in [1.29, 1.82) is 0 Å². The van der Waals surface area contributed by atoms with Gasteiger partial charge in [-0.15, -0.1) is 10.2 Å². The van der Waals surface area contributed by atoms with E-state index in [4.69, 9.17) is 9.47 Å². The first-order chi connectivity index (χ1) is 12.3. The molecule has 0 aliphatic rings. The Bertz CT molecular complexity index is 882. The van der Waals surface area contributed by atoms with E-state index in [-0.39, 0.29) is 15.4 Å². The maximum absolute atomic E-state index is 12.6. The van der Waals surface area contributed by atoms with E-state index in [1.165, 1.54) is 21.1 Å². The van der Waals surface area contributed by atoms with Gasteiger partial charge in [-0.3, -0.25) is 4.79 Å². The molecule has 0 aliphatic heterocycles. The molecule has 0 saturated heterocycles. The molecule has 1 aromatic heterocycles. The fraction of sp³-hybridized carbons (Fsp3) is 0.400. The average molecular weight is 400 g/mol. The second-order valence-electron chi connectivity index (χ2n) is 5.25. The van der Waals surface area contributed by atoms with Crippen molar-refractivity contribution in [3.63, 3.8) is 0 Å². The normalized spacial score (nSPS) is 12.5. The molecule has 0 radical (unpaired) electrons. The number of anilines is 1. The monoisotopic (exact) mass is 400 g/mol. The lowest BCUT2D eigenvalue weighted by Crippen LogP contribution is -2.28. The van der Waals surface area contributed by atoms with Crippen molar-refractivity contribution in [2.75, 3.05) is 19.5 Å². The highest BCUT2D eigenvalue weighted by molar-refractivity contribution is 7.91. The molecule has 11 heteroatoms. The molecule has 0 bridgehead atoms. The van der Waals surface area contributed by atoms with Gasteiger partial charge < -0.3 is 14.8 Å². The summed E-state index contributed by atoms with van der Waals surface area (Å²) < 4.78 is 38.0. The molecule has 1 aromatic carbocycles. The van der Waals surface area contributed by atoms with Crippen LogP contribution in [0.25, 0.3) is 0 Å². The van der Waals surface area contributed by atoms with Gasteiger partial charge in [-0.05, 0) is 24.1 Å². The van der Waals surface area contributed by atoms with Gasteiger partial charge in [-0.1, -0.05) is 24.3 Å². The molecule has 2 rings (SSSR count). The first kappa shape index (κ1) is 20.1. The molecule has 2 aromatic rings. The number of rotatable bonds is 8. The van der Waals surface area contributed by atoms with E-state index < -0.39 is 16.1 Å². The van der Waals surface area contributed by atoms with Crippen LogP contribution in [0.4, 0.5) is 5.13 Å². The topological polar surface area (TPSA) is 120 Å². The summed E-state index contributed by atoms with van der Waals surface area (Å²) in [6, 6.07) is 4.71. The zero-order valence-corrected chi connectivity index (χ0v) is 16.4. The lowest BCUT2D eigenvalue weighted by atomic mass is 10.1. The van der Waals surface area contributed by atoms with E-state index in [0.717, 1.165) is 16.9 Å². The fourth-order valence-corrected chi connectivity index (χ4v) is 4.48. The van der Waals surface area contributed by atoms with Gasteiger partial charge >= 0.3 is 0 Å².